The summed E-state index contributed by atoms with van der Waals surface area (Å²) in [5.74, 6) is 2.58. The molecule has 1 saturated heterocycles. The van der Waals surface area contributed by atoms with Gasteiger partial charge in [-0.1, -0.05) is 13.8 Å². The van der Waals surface area contributed by atoms with Crippen molar-refractivity contribution in [2.45, 2.75) is 32.7 Å². The SMILES string of the molecule is CNC(=O)[C@@H]1COCCN1C[C@H]1C[C@@H](C(C)C)C1. The molecule has 104 valence electrons. The molecule has 1 aliphatic carbocycles. The van der Waals surface area contributed by atoms with Gasteiger partial charge < -0.3 is 10.1 Å². The quantitative estimate of drug-likeness (QED) is 0.817. The average molecular weight is 254 g/mol. The van der Waals surface area contributed by atoms with Crippen molar-refractivity contribution >= 4 is 5.91 Å². The molecule has 0 radical (unpaired) electrons. The molecule has 18 heavy (non-hydrogen) atoms. The Morgan fingerprint density at radius 1 is 1.44 bits per heavy atom. The Kier molecular flexibility index (Phi) is 4.62. The van der Waals surface area contributed by atoms with E-state index < -0.39 is 0 Å². The van der Waals surface area contributed by atoms with Crippen LogP contribution in [-0.4, -0.2) is 50.2 Å². The van der Waals surface area contributed by atoms with Gasteiger partial charge in [-0.05, 0) is 30.6 Å². The van der Waals surface area contributed by atoms with Crippen molar-refractivity contribution in [3.63, 3.8) is 0 Å². The first-order valence-electron chi connectivity index (χ1n) is 7.15. The Bertz CT molecular complexity index is 288. The van der Waals surface area contributed by atoms with E-state index in [9.17, 15) is 4.79 Å². The molecule has 2 aliphatic rings. The van der Waals surface area contributed by atoms with Crippen LogP contribution >= 0.6 is 0 Å². The molecule has 0 unspecified atom stereocenters. The van der Waals surface area contributed by atoms with Crippen LogP contribution in [0.25, 0.3) is 0 Å². The summed E-state index contributed by atoms with van der Waals surface area (Å²) in [5.41, 5.74) is 0. The number of likely N-dealkylation sites (N-methyl/N-ethyl adjacent to an activating group) is 1. The van der Waals surface area contributed by atoms with Crippen molar-refractivity contribution < 1.29 is 9.53 Å². The molecule has 1 amide bonds. The third-order valence-corrected chi connectivity index (χ3v) is 4.50. The van der Waals surface area contributed by atoms with Gasteiger partial charge in [-0.2, -0.15) is 0 Å². The highest BCUT2D eigenvalue weighted by molar-refractivity contribution is 5.81. The van der Waals surface area contributed by atoms with Crippen LogP contribution in [0.4, 0.5) is 0 Å². The lowest BCUT2D eigenvalue weighted by Crippen LogP contribution is -2.55. The summed E-state index contributed by atoms with van der Waals surface area (Å²) in [4.78, 5) is 14.1. The third kappa shape index (κ3) is 3.04. The molecule has 4 nitrogen and oxygen atoms in total. The number of ether oxygens (including phenoxy) is 1. The van der Waals surface area contributed by atoms with E-state index in [-0.39, 0.29) is 11.9 Å². The lowest BCUT2D eigenvalue weighted by atomic mass is 9.69. The predicted molar refractivity (Wildman–Crippen MR) is 71.3 cm³/mol. The minimum absolute atomic E-state index is 0.0816. The fraction of sp³-hybridized carbons (Fsp3) is 0.929. The molecule has 2 fully saturated rings. The van der Waals surface area contributed by atoms with Crippen molar-refractivity contribution in [2.75, 3.05) is 33.4 Å². The largest absolute Gasteiger partial charge is 0.378 e. The summed E-state index contributed by atoms with van der Waals surface area (Å²) >= 11 is 0. The second-order valence-electron chi connectivity index (χ2n) is 6.04. The van der Waals surface area contributed by atoms with Gasteiger partial charge in [0.25, 0.3) is 0 Å². The van der Waals surface area contributed by atoms with Gasteiger partial charge >= 0.3 is 0 Å². The smallest absolute Gasteiger partial charge is 0.239 e. The molecule has 4 heteroatoms. The second kappa shape index (κ2) is 6.02. The fourth-order valence-corrected chi connectivity index (χ4v) is 3.08. The van der Waals surface area contributed by atoms with Crippen molar-refractivity contribution in [2.24, 2.45) is 17.8 Å². The molecule has 1 heterocycles. The number of nitrogens with zero attached hydrogens (tertiary/aromatic N) is 1. The maximum Gasteiger partial charge on any atom is 0.239 e. The molecule has 0 aromatic carbocycles. The van der Waals surface area contributed by atoms with E-state index in [0.29, 0.717) is 6.61 Å². The summed E-state index contributed by atoms with van der Waals surface area (Å²) in [7, 11) is 1.70. The van der Waals surface area contributed by atoms with E-state index in [4.69, 9.17) is 4.74 Å². The predicted octanol–water partition coefficient (Wildman–Crippen LogP) is 1.12. The average Bonchev–Trinajstić information content (AvgIpc) is 2.32. The highest BCUT2D eigenvalue weighted by Gasteiger charge is 2.36. The minimum atomic E-state index is -0.0816. The summed E-state index contributed by atoms with van der Waals surface area (Å²) < 4.78 is 5.43. The fourth-order valence-electron chi connectivity index (χ4n) is 3.08. The maximum absolute atomic E-state index is 11.8. The van der Waals surface area contributed by atoms with Crippen LogP contribution in [0.1, 0.15) is 26.7 Å². The summed E-state index contributed by atoms with van der Waals surface area (Å²) in [6.07, 6.45) is 2.66. The molecule has 1 saturated carbocycles. The van der Waals surface area contributed by atoms with E-state index in [1.807, 2.05) is 0 Å². The first-order chi connectivity index (χ1) is 8.61. The van der Waals surface area contributed by atoms with Gasteiger partial charge in [0.05, 0.1) is 13.2 Å². The van der Waals surface area contributed by atoms with E-state index >= 15 is 0 Å². The number of morpholine rings is 1. The highest BCUT2D eigenvalue weighted by Crippen LogP contribution is 2.39. The lowest BCUT2D eigenvalue weighted by molar-refractivity contribution is -0.133. The first kappa shape index (κ1) is 13.8. The van der Waals surface area contributed by atoms with E-state index in [2.05, 4.69) is 24.1 Å². The van der Waals surface area contributed by atoms with Gasteiger partial charge in [0, 0.05) is 20.1 Å². The molecule has 1 N–H and O–H groups in total. The zero-order valence-corrected chi connectivity index (χ0v) is 11.8. The Balaban J connectivity index is 1.82. The standard InChI is InChI=1S/C14H26N2O2/c1-10(2)12-6-11(7-12)8-16-4-5-18-9-13(16)14(17)15-3/h10-13H,4-9H2,1-3H3,(H,15,17)/t11-,12+,13-/m0/s1. The van der Waals surface area contributed by atoms with E-state index in [1.165, 1.54) is 12.8 Å². The molecule has 1 aliphatic heterocycles. The van der Waals surface area contributed by atoms with Crippen LogP contribution in [-0.2, 0) is 9.53 Å². The minimum Gasteiger partial charge on any atom is -0.378 e. The molecule has 1 atom stereocenters. The number of hydrogen-bond donors (Lipinski definition) is 1. The Hall–Kier alpha value is -0.610. The monoisotopic (exact) mass is 254 g/mol. The molecule has 2 rings (SSSR count). The zero-order valence-electron chi connectivity index (χ0n) is 11.8. The molecule has 0 spiro atoms. The van der Waals surface area contributed by atoms with Gasteiger partial charge in [-0.3, -0.25) is 9.69 Å². The van der Waals surface area contributed by atoms with Crippen molar-refractivity contribution in [1.82, 2.24) is 10.2 Å². The number of rotatable bonds is 4. The molecular formula is C14H26N2O2. The van der Waals surface area contributed by atoms with E-state index in [0.717, 1.165) is 37.5 Å². The number of hydrogen-bond acceptors (Lipinski definition) is 3. The number of nitrogens with one attached hydrogen (secondary N) is 1. The van der Waals surface area contributed by atoms with Gasteiger partial charge in [-0.25, -0.2) is 0 Å². The van der Waals surface area contributed by atoms with Crippen LogP contribution in [0.2, 0.25) is 0 Å². The molecule has 0 aromatic heterocycles. The topological polar surface area (TPSA) is 41.6 Å². The van der Waals surface area contributed by atoms with Crippen molar-refractivity contribution in [1.29, 1.82) is 0 Å². The van der Waals surface area contributed by atoms with Crippen LogP contribution in [0.15, 0.2) is 0 Å². The van der Waals surface area contributed by atoms with Gasteiger partial charge in [0.2, 0.25) is 5.91 Å². The Morgan fingerprint density at radius 2 is 2.17 bits per heavy atom. The number of amides is 1. The summed E-state index contributed by atoms with van der Waals surface area (Å²) in [6, 6.07) is -0.0816. The Labute approximate surface area is 110 Å². The molecule has 0 aromatic rings. The summed E-state index contributed by atoms with van der Waals surface area (Å²) in [5, 5.41) is 2.74. The lowest BCUT2D eigenvalue weighted by Gasteiger charge is -2.43. The van der Waals surface area contributed by atoms with Crippen LogP contribution in [0, 0.1) is 17.8 Å². The van der Waals surface area contributed by atoms with Crippen LogP contribution in [0.3, 0.4) is 0 Å². The summed E-state index contributed by atoms with van der Waals surface area (Å²) in [6.45, 7) is 7.87. The van der Waals surface area contributed by atoms with Gasteiger partial charge in [-0.15, -0.1) is 0 Å². The third-order valence-electron chi connectivity index (χ3n) is 4.50. The van der Waals surface area contributed by atoms with Gasteiger partial charge in [0.1, 0.15) is 6.04 Å². The number of carbonyl (C=O) groups is 1. The first-order valence-corrected chi connectivity index (χ1v) is 7.15. The second-order valence-corrected chi connectivity index (χ2v) is 6.04. The normalized spacial score (nSPS) is 33.2. The maximum atomic E-state index is 11.8. The Morgan fingerprint density at radius 3 is 2.78 bits per heavy atom. The number of carbonyl (C=O) groups excluding carboxylic acids is 1. The van der Waals surface area contributed by atoms with Crippen molar-refractivity contribution in [3.05, 3.63) is 0 Å². The van der Waals surface area contributed by atoms with E-state index in [1.54, 1.807) is 7.05 Å². The van der Waals surface area contributed by atoms with Crippen LogP contribution in [0.5, 0.6) is 0 Å². The molecule has 0 bridgehead atoms. The van der Waals surface area contributed by atoms with Gasteiger partial charge in [0.15, 0.2) is 0 Å². The zero-order chi connectivity index (χ0) is 13.1. The molecular weight excluding hydrogens is 228 g/mol. The van der Waals surface area contributed by atoms with Crippen molar-refractivity contribution in [3.8, 4) is 0 Å². The van der Waals surface area contributed by atoms with Crippen LogP contribution < -0.4 is 5.32 Å². The highest BCUT2D eigenvalue weighted by atomic mass is 16.5.